The van der Waals surface area contributed by atoms with Crippen LogP contribution >= 0.6 is 11.6 Å². The Kier molecular flexibility index (Phi) is 3.02. The molecule has 0 spiro atoms. The molecule has 1 aromatic rings. The minimum absolute atomic E-state index is 0.0985. The van der Waals surface area contributed by atoms with Crippen molar-refractivity contribution < 1.29 is 14.6 Å². The van der Waals surface area contributed by atoms with Crippen LogP contribution in [0, 0.1) is 0 Å². The number of hydrogen-bond donors (Lipinski definition) is 2. The number of halogens is 1. The molecule has 17 heavy (non-hydrogen) atoms. The third-order valence-corrected chi connectivity index (χ3v) is 3.59. The van der Waals surface area contributed by atoms with Gasteiger partial charge in [-0.2, -0.15) is 0 Å². The van der Waals surface area contributed by atoms with E-state index in [2.05, 4.69) is 5.32 Å². The van der Waals surface area contributed by atoms with Crippen molar-refractivity contribution in [2.45, 2.75) is 17.9 Å². The summed E-state index contributed by atoms with van der Waals surface area (Å²) in [6.07, 6.45) is 0.551. The summed E-state index contributed by atoms with van der Waals surface area (Å²) in [7, 11) is 3.22. The van der Waals surface area contributed by atoms with Crippen LogP contribution in [0.4, 0.5) is 0 Å². The predicted octanol–water partition coefficient (Wildman–Crippen LogP) is 1.88. The van der Waals surface area contributed by atoms with Gasteiger partial charge >= 0.3 is 5.97 Å². The minimum atomic E-state index is -0.877. The molecule has 1 aliphatic carbocycles. The largest absolute Gasteiger partial charge is 0.496 e. The van der Waals surface area contributed by atoms with Crippen LogP contribution < -0.4 is 10.1 Å². The standard InChI is InChI=1S/C12H14ClNO3/c1-14-12(11(15)16)6-9(12)8-5-7(13)3-4-10(8)17-2/h3-5,9,14H,6H2,1-2H3,(H,15,16). The number of carboxylic acid groups (broad SMARTS) is 1. The Hall–Kier alpha value is -1.26. The maximum atomic E-state index is 11.2. The summed E-state index contributed by atoms with van der Waals surface area (Å²) in [5.41, 5.74) is -0.0328. The second-order valence-electron chi connectivity index (χ2n) is 4.17. The van der Waals surface area contributed by atoms with Gasteiger partial charge in [-0.25, -0.2) is 0 Å². The molecule has 4 nitrogen and oxygen atoms in total. The molecule has 2 rings (SSSR count). The minimum Gasteiger partial charge on any atom is -0.496 e. The number of carboxylic acids is 1. The number of methoxy groups -OCH3 is 1. The van der Waals surface area contributed by atoms with Crippen molar-refractivity contribution in [3.8, 4) is 5.75 Å². The lowest BCUT2D eigenvalue weighted by atomic mass is 10.1. The van der Waals surface area contributed by atoms with Crippen LogP contribution in [0.5, 0.6) is 5.75 Å². The molecule has 0 bridgehead atoms. The van der Waals surface area contributed by atoms with Crippen molar-refractivity contribution in [1.29, 1.82) is 0 Å². The topological polar surface area (TPSA) is 58.6 Å². The molecular weight excluding hydrogens is 242 g/mol. The van der Waals surface area contributed by atoms with Crippen molar-refractivity contribution in [2.75, 3.05) is 14.2 Å². The van der Waals surface area contributed by atoms with Gasteiger partial charge < -0.3 is 15.2 Å². The highest BCUT2D eigenvalue weighted by Crippen LogP contribution is 2.54. The van der Waals surface area contributed by atoms with Crippen LogP contribution in [0.1, 0.15) is 17.9 Å². The Morgan fingerprint density at radius 2 is 2.35 bits per heavy atom. The van der Waals surface area contributed by atoms with E-state index in [1.165, 1.54) is 0 Å². The zero-order valence-corrected chi connectivity index (χ0v) is 10.4. The zero-order valence-electron chi connectivity index (χ0n) is 9.66. The number of aliphatic carboxylic acids is 1. The average molecular weight is 256 g/mol. The lowest BCUT2D eigenvalue weighted by Gasteiger charge is -2.13. The van der Waals surface area contributed by atoms with E-state index < -0.39 is 11.5 Å². The maximum absolute atomic E-state index is 11.2. The van der Waals surface area contributed by atoms with Gasteiger partial charge in [-0.3, -0.25) is 4.79 Å². The lowest BCUT2D eigenvalue weighted by molar-refractivity contribution is -0.140. The molecule has 5 heteroatoms. The Morgan fingerprint density at radius 1 is 1.65 bits per heavy atom. The van der Waals surface area contributed by atoms with Crippen molar-refractivity contribution in [1.82, 2.24) is 5.32 Å². The van der Waals surface area contributed by atoms with Crippen molar-refractivity contribution in [3.63, 3.8) is 0 Å². The van der Waals surface area contributed by atoms with Crippen LogP contribution in [-0.2, 0) is 4.79 Å². The summed E-state index contributed by atoms with van der Waals surface area (Å²) in [5.74, 6) is -0.261. The van der Waals surface area contributed by atoms with E-state index in [4.69, 9.17) is 16.3 Å². The number of likely N-dealkylation sites (N-methyl/N-ethyl adjacent to an activating group) is 1. The first-order valence-corrected chi connectivity index (χ1v) is 5.68. The fourth-order valence-electron chi connectivity index (χ4n) is 2.24. The molecule has 0 aromatic heterocycles. The molecule has 1 saturated carbocycles. The fraction of sp³-hybridized carbons (Fsp3) is 0.417. The summed E-state index contributed by atoms with van der Waals surface area (Å²) in [4.78, 5) is 11.2. The quantitative estimate of drug-likeness (QED) is 0.863. The van der Waals surface area contributed by atoms with Crippen LogP contribution in [0.2, 0.25) is 5.02 Å². The van der Waals surface area contributed by atoms with Gasteiger partial charge in [0.2, 0.25) is 0 Å². The zero-order chi connectivity index (χ0) is 12.6. The average Bonchev–Trinajstić information content (AvgIpc) is 3.04. The molecular formula is C12H14ClNO3. The second-order valence-corrected chi connectivity index (χ2v) is 4.61. The third kappa shape index (κ3) is 1.87. The van der Waals surface area contributed by atoms with E-state index in [0.717, 1.165) is 5.56 Å². The Balaban J connectivity index is 2.37. The van der Waals surface area contributed by atoms with Gasteiger partial charge in [0.25, 0.3) is 0 Å². The molecule has 1 aliphatic rings. The molecule has 1 fully saturated rings. The first-order chi connectivity index (χ1) is 8.05. The molecule has 0 amide bonds. The smallest absolute Gasteiger partial charge is 0.324 e. The molecule has 2 N–H and O–H groups in total. The number of rotatable bonds is 4. The number of hydrogen-bond acceptors (Lipinski definition) is 3. The number of carbonyl (C=O) groups is 1. The van der Waals surface area contributed by atoms with Gasteiger partial charge in [-0.1, -0.05) is 11.6 Å². The van der Waals surface area contributed by atoms with Gasteiger partial charge in [0.05, 0.1) is 7.11 Å². The molecule has 2 atom stereocenters. The number of benzene rings is 1. The summed E-state index contributed by atoms with van der Waals surface area (Å²) in [6, 6.07) is 5.26. The van der Waals surface area contributed by atoms with E-state index in [1.54, 1.807) is 32.4 Å². The second kappa shape index (κ2) is 4.20. The molecule has 2 unspecified atom stereocenters. The Bertz CT molecular complexity index is 463. The Morgan fingerprint density at radius 3 is 2.82 bits per heavy atom. The maximum Gasteiger partial charge on any atom is 0.324 e. The third-order valence-electron chi connectivity index (χ3n) is 3.36. The normalized spacial score (nSPS) is 26.6. The molecule has 92 valence electrons. The molecule has 1 aromatic carbocycles. The van der Waals surface area contributed by atoms with E-state index in [9.17, 15) is 9.90 Å². The van der Waals surface area contributed by atoms with E-state index >= 15 is 0 Å². The number of ether oxygens (including phenoxy) is 1. The van der Waals surface area contributed by atoms with Crippen LogP contribution in [-0.4, -0.2) is 30.8 Å². The first kappa shape index (κ1) is 12.2. The summed E-state index contributed by atoms with van der Waals surface area (Å²) in [5, 5.41) is 12.7. The van der Waals surface area contributed by atoms with E-state index in [0.29, 0.717) is 17.2 Å². The van der Waals surface area contributed by atoms with Gasteiger partial charge in [0, 0.05) is 16.5 Å². The molecule has 0 heterocycles. The first-order valence-electron chi connectivity index (χ1n) is 5.31. The summed E-state index contributed by atoms with van der Waals surface area (Å²) in [6.45, 7) is 0. The monoisotopic (exact) mass is 255 g/mol. The van der Waals surface area contributed by atoms with Crippen molar-refractivity contribution in [2.24, 2.45) is 0 Å². The van der Waals surface area contributed by atoms with Crippen LogP contribution in [0.15, 0.2) is 18.2 Å². The van der Waals surface area contributed by atoms with E-state index in [-0.39, 0.29) is 5.92 Å². The fourth-order valence-corrected chi connectivity index (χ4v) is 2.42. The van der Waals surface area contributed by atoms with Crippen molar-refractivity contribution in [3.05, 3.63) is 28.8 Å². The summed E-state index contributed by atoms with van der Waals surface area (Å²) >= 11 is 5.94. The molecule has 0 aliphatic heterocycles. The number of nitrogens with one attached hydrogen (secondary N) is 1. The van der Waals surface area contributed by atoms with Gasteiger partial charge in [-0.05, 0) is 31.7 Å². The predicted molar refractivity (Wildman–Crippen MR) is 64.8 cm³/mol. The van der Waals surface area contributed by atoms with Crippen LogP contribution in [0.25, 0.3) is 0 Å². The highest BCUT2D eigenvalue weighted by atomic mass is 35.5. The summed E-state index contributed by atoms with van der Waals surface area (Å²) < 4.78 is 5.24. The van der Waals surface area contributed by atoms with Gasteiger partial charge in [-0.15, -0.1) is 0 Å². The lowest BCUT2D eigenvalue weighted by Crippen LogP contribution is -2.38. The SMILES string of the molecule is CNC1(C(=O)O)CC1c1cc(Cl)ccc1OC. The Labute approximate surface area is 105 Å². The highest BCUT2D eigenvalue weighted by molar-refractivity contribution is 6.30. The molecule has 0 saturated heterocycles. The highest BCUT2D eigenvalue weighted by Gasteiger charge is 2.61. The van der Waals surface area contributed by atoms with Gasteiger partial charge in [0.1, 0.15) is 11.3 Å². The van der Waals surface area contributed by atoms with E-state index in [1.807, 2.05) is 0 Å². The molecule has 0 radical (unpaired) electrons. The van der Waals surface area contributed by atoms with Gasteiger partial charge in [0.15, 0.2) is 0 Å². The van der Waals surface area contributed by atoms with Crippen LogP contribution in [0.3, 0.4) is 0 Å². The van der Waals surface area contributed by atoms with Crippen molar-refractivity contribution >= 4 is 17.6 Å².